The monoisotopic (exact) mass is 233 g/mol. The molecule has 0 N–H and O–H groups in total. The lowest BCUT2D eigenvalue weighted by atomic mass is 10.2. The first-order valence-electron chi connectivity index (χ1n) is 5.95. The van der Waals surface area contributed by atoms with Gasteiger partial charge in [0.15, 0.2) is 11.6 Å². The van der Waals surface area contributed by atoms with Crippen molar-refractivity contribution in [3.63, 3.8) is 0 Å². The topological polar surface area (TPSA) is 49.1 Å². The fourth-order valence-electron chi connectivity index (χ4n) is 1.62. The molecule has 0 aromatic carbocycles. The Labute approximate surface area is 103 Å². The van der Waals surface area contributed by atoms with E-state index in [2.05, 4.69) is 22.9 Å². The lowest BCUT2D eigenvalue weighted by Crippen LogP contribution is -2.29. The molecule has 1 aromatic rings. The van der Waals surface area contributed by atoms with Gasteiger partial charge in [-0.2, -0.15) is 5.26 Å². The van der Waals surface area contributed by atoms with Gasteiger partial charge in [0.2, 0.25) is 0 Å². The first-order valence-corrected chi connectivity index (χ1v) is 5.95. The maximum Gasteiger partial charge on any atom is 0.171 e. The molecule has 0 aliphatic heterocycles. The number of anilines is 1. The summed E-state index contributed by atoms with van der Waals surface area (Å²) in [5.41, 5.74) is 0. The molecular weight excluding hydrogens is 214 g/mol. The summed E-state index contributed by atoms with van der Waals surface area (Å²) in [6.45, 7) is 8.00. The molecule has 1 aromatic heterocycles. The van der Waals surface area contributed by atoms with Gasteiger partial charge in [0.1, 0.15) is 0 Å². The number of pyridine rings is 1. The summed E-state index contributed by atoms with van der Waals surface area (Å²) in [6, 6.07) is 6.01. The molecule has 92 valence electrons. The van der Waals surface area contributed by atoms with Crippen LogP contribution in [-0.4, -0.2) is 24.7 Å². The van der Waals surface area contributed by atoms with Crippen LogP contribution in [0.5, 0.6) is 5.75 Å². The number of aromatic nitrogens is 1. The third-order valence-corrected chi connectivity index (χ3v) is 2.45. The van der Waals surface area contributed by atoms with Crippen molar-refractivity contribution in [2.45, 2.75) is 20.8 Å². The zero-order valence-corrected chi connectivity index (χ0v) is 10.7. The smallest absolute Gasteiger partial charge is 0.171 e. The van der Waals surface area contributed by atoms with E-state index in [0.717, 1.165) is 18.1 Å². The number of nitrogens with zero attached hydrogens (tertiary/aromatic N) is 3. The van der Waals surface area contributed by atoms with Crippen LogP contribution < -0.4 is 9.64 Å². The van der Waals surface area contributed by atoms with Crippen molar-refractivity contribution in [2.24, 2.45) is 5.92 Å². The number of hydrogen-bond donors (Lipinski definition) is 0. The molecule has 1 atom stereocenters. The molecule has 0 fully saturated rings. The predicted octanol–water partition coefficient (Wildman–Crippen LogP) is 2.47. The van der Waals surface area contributed by atoms with E-state index >= 15 is 0 Å². The molecule has 1 heterocycles. The van der Waals surface area contributed by atoms with Gasteiger partial charge in [-0.05, 0) is 32.9 Å². The van der Waals surface area contributed by atoms with E-state index in [1.165, 1.54) is 0 Å². The summed E-state index contributed by atoms with van der Waals surface area (Å²) in [6.07, 6.45) is 1.75. The van der Waals surface area contributed by atoms with E-state index < -0.39 is 0 Å². The van der Waals surface area contributed by atoms with Crippen molar-refractivity contribution < 1.29 is 4.74 Å². The Balaban J connectivity index is 2.91. The molecule has 17 heavy (non-hydrogen) atoms. The summed E-state index contributed by atoms with van der Waals surface area (Å²) >= 11 is 0. The van der Waals surface area contributed by atoms with Crippen molar-refractivity contribution in [1.82, 2.24) is 4.98 Å². The van der Waals surface area contributed by atoms with Crippen molar-refractivity contribution in [1.29, 1.82) is 5.26 Å². The molecule has 0 saturated heterocycles. The van der Waals surface area contributed by atoms with Crippen molar-refractivity contribution in [2.75, 3.05) is 24.6 Å². The van der Waals surface area contributed by atoms with E-state index in [9.17, 15) is 0 Å². The molecule has 0 amide bonds. The molecule has 0 saturated carbocycles. The summed E-state index contributed by atoms with van der Waals surface area (Å²) in [4.78, 5) is 6.42. The van der Waals surface area contributed by atoms with Crippen LogP contribution in [0.3, 0.4) is 0 Å². The Bertz CT molecular complexity index is 386. The van der Waals surface area contributed by atoms with Crippen LogP contribution >= 0.6 is 0 Å². The second kappa shape index (κ2) is 6.74. The van der Waals surface area contributed by atoms with Crippen molar-refractivity contribution >= 4 is 5.82 Å². The third-order valence-electron chi connectivity index (χ3n) is 2.45. The minimum Gasteiger partial charge on any atom is -0.490 e. The Kier molecular flexibility index (Phi) is 5.28. The zero-order chi connectivity index (χ0) is 12.7. The van der Waals surface area contributed by atoms with Gasteiger partial charge in [-0.25, -0.2) is 4.98 Å². The number of rotatable bonds is 6. The molecule has 0 spiro atoms. The fraction of sp³-hybridized carbons (Fsp3) is 0.538. The Hall–Kier alpha value is -1.76. The van der Waals surface area contributed by atoms with Crippen LogP contribution in [0.25, 0.3) is 0 Å². The zero-order valence-electron chi connectivity index (χ0n) is 10.7. The van der Waals surface area contributed by atoms with Gasteiger partial charge in [0, 0.05) is 19.3 Å². The molecule has 1 rings (SSSR count). The summed E-state index contributed by atoms with van der Waals surface area (Å²) < 4.78 is 5.55. The maximum atomic E-state index is 8.87. The van der Waals surface area contributed by atoms with Gasteiger partial charge in [-0.3, -0.25) is 0 Å². The van der Waals surface area contributed by atoms with E-state index in [-0.39, 0.29) is 5.92 Å². The average molecular weight is 233 g/mol. The van der Waals surface area contributed by atoms with Gasteiger partial charge < -0.3 is 9.64 Å². The molecule has 1 unspecified atom stereocenters. The summed E-state index contributed by atoms with van der Waals surface area (Å²) in [5, 5.41) is 8.87. The van der Waals surface area contributed by atoms with Crippen LogP contribution in [0, 0.1) is 17.2 Å². The Morgan fingerprint density at radius 3 is 2.88 bits per heavy atom. The minimum absolute atomic E-state index is 0.0218. The number of hydrogen-bond acceptors (Lipinski definition) is 4. The average Bonchev–Trinajstić information content (AvgIpc) is 2.37. The SMILES string of the molecule is CCOc1cccnc1N(CC)CC(C)C#N. The fourth-order valence-corrected chi connectivity index (χ4v) is 1.62. The van der Waals surface area contributed by atoms with Crippen LogP contribution in [0.4, 0.5) is 5.82 Å². The second-order valence-corrected chi connectivity index (χ2v) is 3.83. The quantitative estimate of drug-likeness (QED) is 0.757. The maximum absolute atomic E-state index is 8.87. The summed E-state index contributed by atoms with van der Waals surface area (Å²) in [5.74, 6) is 1.58. The molecular formula is C13H19N3O. The molecule has 0 aliphatic rings. The largest absolute Gasteiger partial charge is 0.490 e. The van der Waals surface area contributed by atoms with Crippen LogP contribution in [-0.2, 0) is 0 Å². The highest BCUT2D eigenvalue weighted by Gasteiger charge is 2.14. The second-order valence-electron chi connectivity index (χ2n) is 3.83. The Morgan fingerprint density at radius 2 is 2.29 bits per heavy atom. The van der Waals surface area contributed by atoms with Gasteiger partial charge >= 0.3 is 0 Å². The lowest BCUT2D eigenvalue weighted by Gasteiger charge is -2.24. The van der Waals surface area contributed by atoms with Gasteiger partial charge in [0.25, 0.3) is 0 Å². The molecule has 0 bridgehead atoms. The van der Waals surface area contributed by atoms with Crippen molar-refractivity contribution in [3.8, 4) is 11.8 Å². The van der Waals surface area contributed by atoms with Crippen molar-refractivity contribution in [3.05, 3.63) is 18.3 Å². The van der Waals surface area contributed by atoms with Crippen LogP contribution in [0.2, 0.25) is 0 Å². The highest BCUT2D eigenvalue weighted by Crippen LogP contribution is 2.25. The van der Waals surface area contributed by atoms with E-state index in [1.807, 2.05) is 26.0 Å². The van der Waals surface area contributed by atoms with E-state index in [0.29, 0.717) is 13.2 Å². The predicted molar refractivity (Wildman–Crippen MR) is 68.1 cm³/mol. The van der Waals surface area contributed by atoms with E-state index in [4.69, 9.17) is 10.00 Å². The Morgan fingerprint density at radius 1 is 1.53 bits per heavy atom. The first kappa shape index (κ1) is 13.3. The van der Waals surface area contributed by atoms with Crippen LogP contribution in [0.1, 0.15) is 20.8 Å². The van der Waals surface area contributed by atoms with Gasteiger partial charge in [-0.15, -0.1) is 0 Å². The number of ether oxygens (including phenoxy) is 1. The minimum atomic E-state index is -0.0218. The van der Waals surface area contributed by atoms with E-state index in [1.54, 1.807) is 6.20 Å². The highest BCUT2D eigenvalue weighted by atomic mass is 16.5. The molecule has 4 heteroatoms. The molecule has 4 nitrogen and oxygen atoms in total. The van der Waals surface area contributed by atoms with Gasteiger partial charge in [-0.1, -0.05) is 0 Å². The summed E-state index contributed by atoms with van der Waals surface area (Å²) in [7, 11) is 0. The van der Waals surface area contributed by atoms with Gasteiger partial charge in [0.05, 0.1) is 18.6 Å². The highest BCUT2D eigenvalue weighted by molar-refractivity contribution is 5.52. The normalized spacial score (nSPS) is 11.6. The first-order chi connectivity index (χ1) is 8.22. The number of nitriles is 1. The standard InChI is InChI=1S/C13H19N3O/c1-4-16(10-11(3)9-14)13-12(17-5-2)7-6-8-15-13/h6-8,11H,4-5,10H2,1-3H3. The molecule has 0 aliphatic carbocycles. The van der Waals surface area contributed by atoms with Crippen LogP contribution in [0.15, 0.2) is 18.3 Å². The molecule has 0 radical (unpaired) electrons. The third kappa shape index (κ3) is 3.63. The lowest BCUT2D eigenvalue weighted by molar-refractivity contribution is 0.339.